The first-order chi connectivity index (χ1) is 8.72. The van der Waals surface area contributed by atoms with Crippen molar-refractivity contribution in [2.24, 2.45) is 0 Å². The molecule has 2 rings (SSSR count). The molecule has 1 aliphatic heterocycles. The number of anilines is 1. The highest BCUT2D eigenvalue weighted by Gasteiger charge is 2.14. The van der Waals surface area contributed by atoms with Gasteiger partial charge in [-0.05, 0) is 31.2 Å². The molecule has 1 heterocycles. The van der Waals surface area contributed by atoms with Gasteiger partial charge in [-0.2, -0.15) is 11.8 Å². The predicted octanol–water partition coefficient (Wildman–Crippen LogP) is 3.67. The van der Waals surface area contributed by atoms with Crippen molar-refractivity contribution in [3.63, 3.8) is 0 Å². The van der Waals surface area contributed by atoms with Crippen LogP contribution in [0.2, 0.25) is 0 Å². The van der Waals surface area contributed by atoms with Gasteiger partial charge in [-0.1, -0.05) is 28.9 Å². The molecule has 18 heavy (non-hydrogen) atoms. The molecule has 0 amide bonds. The van der Waals surface area contributed by atoms with E-state index in [9.17, 15) is 0 Å². The average molecular weight is 329 g/mol. The van der Waals surface area contributed by atoms with E-state index < -0.39 is 0 Å². The Morgan fingerprint density at radius 1 is 1.39 bits per heavy atom. The van der Waals surface area contributed by atoms with Gasteiger partial charge in [0.05, 0.1) is 0 Å². The Morgan fingerprint density at radius 2 is 2.11 bits per heavy atom. The van der Waals surface area contributed by atoms with Crippen molar-refractivity contribution in [3.05, 3.63) is 28.2 Å². The van der Waals surface area contributed by atoms with Crippen LogP contribution in [-0.4, -0.2) is 31.1 Å². The first-order valence-electron chi connectivity index (χ1n) is 6.58. The summed E-state index contributed by atoms with van der Waals surface area (Å²) in [5, 5.41) is 3.45. The van der Waals surface area contributed by atoms with E-state index in [0.29, 0.717) is 6.04 Å². The highest BCUT2D eigenvalue weighted by molar-refractivity contribution is 9.10. The lowest BCUT2D eigenvalue weighted by molar-refractivity contribution is 0.596. The number of rotatable bonds is 4. The fourth-order valence-corrected chi connectivity index (χ4v) is 3.91. The molecule has 0 saturated carbocycles. The second-order valence-electron chi connectivity index (χ2n) is 4.58. The molecule has 0 radical (unpaired) electrons. The molecule has 2 nitrogen and oxygen atoms in total. The minimum absolute atomic E-state index is 0.398. The van der Waals surface area contributed by atoms with E-state index in [1.807, 2.05) is 11.8 Å². The van der Waals surface area contributed by atoms with Gasteiger partial charge in [0, 0.05) is 40.8 Å². The maximum absolute atomic E-state index is 3.71. The minimum atomic E-state index is 0.398. The predicted molar refractivity (Wildman–Crippen MR) is 85.8 cm³/mol. The van der Waals surface area contributed by atoms with E-state index in [-0.39, 0.29) is 0 Å². The third kappa shape index (κ3) is 3.43. The van der Waals surface area contributed by atoms with Crippen LogP contribution in [-0.2, 0) is 0 Å². The van der Waals surface area contributed by atoms with Gasteiger partial charge < -0.3 is 10.2 Å². The van der Waals surface area contributed by atoms with Crippen LogP contribution >= 0.6 is 27.7 Å². The molecule has 100 valence electrons. The summed E-state index contributed by atoms with van der Waals surface area (Å²) in [6.45, 7) is 7.68. The van der Waals surface area contributed by atoms with Crippen molar-refractivity contribution >= 4 is 33.4 Å². The Kier molecular flexibility index (Phi) is 5.39. The molecule has 1 fully saturated rings. The summed E-state index contributed by atoms with van der Waals surface area (Å²) in [6.07, 6.45) is 0. The van der Waals surface area contributed by atoms with Crippen LogP contribution in [0, 0.1) is 0 Å². The molecule has 1 unspecified atom stereocenters. The van der Waals surface area contributed by atoms with Crippen LogP contribution in [0.3, 0.4) is 0 Å². The molecule has 0 aromatic heterocycles. The number of thioether (sulfide) groups is 1. The highest BCUT2D eigenvalue weighted by atomic mass is 79.9. The smallest absolute Gasteiger partial charge is 0.0378 e. The largest absolute Gasteiger partial charge is 0.370 e. The van der Waals surface area contributed by atoms with Crippen LogP contribution in [0.15, 0.2) is 22.7 Å². The standard InChI is InChI=1S/C14H21BrN2S/c1-3-16-11(2)13-5-4-12(10-14(13)15)17-6-8-18-9-7-17/h4-5,10-11,16H,3,6-9H2,1-2H3. The summed E-state index contributed by atoms with van der Waals surface area (Å²) in [6, 6.07) is 7.16. The highest BCUT2D eigenvalue weighted by Crippen LogP contribution is 2.29. The lowest BCUT2D eigenvalue weighted by Gasteiger charge is -2.29. The van der Waals surface area contributed by atoms with Crippen molar-refractivity contribution in [1.29, 1.82) is 0 Å². The monoisotopic (exact) mass is 328 g/mol. The second-order valence-corrected chi connectivity index (χ2v) is 6.66. The van der Waals surface area contributed by atoms with Gasteiger partial charge in [0.25, 0.3) is 0 Å². The van der Waals surface area contributed by atoms with Crippen LogP contribution in [0.25, 0.3) is 0 Å². The fourth-order valence-electron chi connectivity index (χ4n) is 2.30. The van der Waals surface area contributed by atoms with Crippen molar-refractivity contribution in [2.45, 2.75) is 19.9 Å². The summed E-state index contributed by atoms with van der Waals surface area (Å²) < 4.78 is 1.21. The Labute approximate surface area is 123 Å². The molecule has 0 spiro atoms. The Hall–Kier alpha value is -0.190. The van der Waals surface area contributed by atoms with Gasteiger partial charge in [-0.3, -0.25) is 0 Å². The molecule has 0 bridgehead atoms. The average Bonchev–Trinajstić information content (AvgIpc) is 2.40. The lowest BCUT2D eigenvalue weighted by Crippen LogP contribution is -2.32. The van der Waals surface area contributed by atoms with Gasteiger partial charge in [-0.25, -0.2) is 0 Å². The van der Waals surface area contributed by atoms with E-state index in [4.69, 9.17) is 0 Å². The third-order valence-corrected chi connectivity index (χ3v) is 4.97. The third-order valence-electron chi connectivity index (χ3n) is 3.34. The summed E-state index contributed by atoms with van der Waals surface area (Å²) >= 11 is 5.76. The maximum Gasteiger partial charge on any atom is 0.0378 e. The summed E-state index contributed by atoms with van der Waals surface area (Å²) in [4.78, 5) is 2.48. The first-order valence-corrected chi connectivity index (χ1v) is 8.52. The molecule has 1 aliphatic rings. The molecule has 1 N–H and O–H groups in total. The molecule has 1 saturated heterocycles. The summed E-state index contributed by atoms with van der Waals surface area (Å²) in [7, 11) is 0. The summed E-state index contributed by atoms with van der Waals surface area (Å²) in [5.74, 6) is 2.49. The Morgan fingerprint density at radius 3 is 2.72 bits per heavy atom. The Bertz CT molecular complexity index is 391. The van der Waals surface area contributed by atoms with E-state index in [2.05, 4.69) is 58.2 Å². The van der Waals surface area contributed by atoms with Crippen LogP contribution in [0.5, 0.6) is 0 Å². The van der Waals surface area contributed by atoms with E-state index in [1.165, 1.54) is 40.3 Å². The maximum atomic E-state index is 3.71. The number of benzene rings is 1. The number of hydrogen-bond donors (Lipinski definition) is 1. The fraction of sp³-hybridized carbons (Fsp3) is 0.571. The van der Waals surface area contributed by atoms with Gasteiger partial charge in [0.15, 0.2) is 0 Å². The van der Waals surface area contributed by atoms with E-state index in [1.54, 1.807) is 0 Å². The minimum Gasteiger partial charge on any atom is -0.370 e. The topological polar surface area (TPSA) is 15.3 Å². The number of halogens is 1. The van der Waals surface area contributed by atoms with Crippen molar-refractivity contribution in [1.82, 2.24) is 5.32 Å². The zero-order valence-corrected chi connectivity index (χ0v) is 13.5. The summed E-state index contributed by atoms with van der Waals surface area (Å²) in [5.41, 5.74) is 2.68. The zero-order valence-electron chi connectivity index (χ0n) is 11.1. The number of hydrogen-bond acceptors (Lipinski definition) is 3. The lowest BCUT2D eigenvalue weighted by atomic mass is 10.1. The molecule has 1 aromatic rings. The number of nitrogens with zero attached hydrogens (tertiary/aromatic N) is 1. The van der Waals surface area contributed by atoms with Crippen LogP contribution in [0.4, 0.5) is 5.69 Å². The number of nitrogens with one attached hydrogen (secondary N) is 1. The van der Waals surface area contributed by atoms with Gasteiger partial charge >= 0.3 is 0 Å². The van der Waals surface area contributed by atoms with Crippen molar-refractivity contribution in [2.75, 3.05) is 36.0 Å². The van der Waals surface area contributed by atoms with Crippen LogP contribution in [0.1, 0.15) is 25.5 Å². The quantitative estimate of drug-likeness (QED) is 0.907. The van der Waals surface area contributed by atoms with Crippen molar-refractivity contribution in [3.8, 4) is 0 Å². The molecular formula is C14H21BrN2S. The van der Waals surface area contributed by atoms with E-state index >= 15 is 0 Å². The normalized spacial score (nSPS) is 17.8. The molecular weight excluding hydrogens is 308 g/mol. The van der Waals surface area contributed by atoms with Crippen molar-refractivity contribution < 1.29 is 0 Å². The molecule has 1 atom stereocenters. The second kappa shape index (κ2) is 6.83. The first kappa shape index (κ1) is 14.2. The molecule has 1 aromatic carbocycles. The Balaban J connectivity index is 2.13. The zero-order chi connectivity index (χ0) is 13.0. The van der Waals surface area contributed by atoms with Crippen LogP contribution < -0.4 is 10.2 Å². The SMILES string of the molecule is CCNC(C)c1ccc(N2CCSCC2)cc1Br. The van der Waals surface area contributed by atoms with E-state index in [0.717, 1.165) is 6.54 Å². The molecule has 0 aliphatic carbocycles. The van der Waals surface area contributed by atoms with Gasteiger partial charge in [-0.15, -0.1) is 0 Å². The van der Waals surface area contributed by atoms with Gasteiger partial charge in [0.2, 0.25) is 0 Å². The molecule has 4 heteroatoms. The van der Waals surface area contributed by atoms with Gasteiger partial charge in [0.1, 0.15) is 0 Å².